The van der Waals surface area contributed by atoms with Crippen LogP contribution in [0, 0.1) is 0 Å². The largest absolute Gasteiger partial charge is 0.457 e. The minimum atomic E-state index is -0.361. The number of fused-ring (bicyclic) bond motifs is 1. The lowest BCUT2D eigenvalue weighted by Gasteiger charge is -2.31. The number of nitrogen functional groups attached to an aromatic ring is 1. The second kappa shape index (κ2) is 9.44. The van der Waals surface area contributed by atoms with Gasteiger partial charge in [-0.05, 0) is 55.8 Å². The van der Waals surface area contributed by atoms with Gasteiger partial charge >= 0.3 is 0 Å². The summed E-state index contributed by atoms with van der Waals surface area (Å²) in [5.74, 6) is 1.93. The molecule has 2 aromatic heterocycles. The average molecular weight is 455 g/mol. The Morgan fingerprint density at radius 2 is 1.91 bits per heavy atom. The second-order valence-electron chi connectivity index (χ2n) is 8.29. The van der Waals surface area contributed by atoms with Gasteiger partial charge in [-0.25, -0.2) is 14.6 Å². The quantitative estimate of drug-likeness (QED) is 0.401. The van der Waals surface area contributed by atoms with Crippen LogP contribution in [0.25, 0.3) is 22.3 Å². The third-order valence-corrected chi connectivity index (χ3v) is 6.06. The van der Waals surface area contributed by atoms with Gasteiger partial charge in [0.15, 0.2) is 11.4 Å². The van der Waals surface area contributed by atoms with E-state index in [0.29, 0.717) is 29.0 Å². The van der Waals surface area contributed by atoms with Gasteiger partial charge in [0.2, 0.25) is 0 Å². The summed E-state index contributed by atoms with van der Waals surface area (Å²) in [6.45, 7) is 4.50. The number of carbonyl (C=O) groups excluding carboxylic acids is 1. The van der Waals surface area contributed by atoms with E-state index in [1.54, 1.807) is 6.08 Å². The van der Waals surface area contributed by atoms with Crippen LogP contribution in [0.2, 0.25) is 0 Å². The number of ether oxygens (including phenoxy) is 1. The van der Waals surface area contributed by atoms with Gasteiger partial charge in [0.25, 0.3) is 0 Å². The van der Waals surface area contributed by atoms with Crippen LogP contribution in [-0.4, -0.2) is 38.1 Å². The van der Waals surface area contributed by atoms with Gasteiger partial charge < -0.3 is 15.8 Å². The van der Waals surface area contributed by atoms with Crippen molar-refractivity contribution in [3.05, 3.63) is 73.6 Å². The number of para-hydroxylation sites is 1. The van der Waals surface area contributed by atoms with E-state index in [0.717, 1.165) is 36.4 Å². The molecular formula is C26H26N6O2. The Morgan fingerprint density at radius 3 is 2.68 bits per heavy atom. The molecule has 8 heteroatoms. The van der Waals surface area contributed by atoms with Crippen molar-refractivity contribution in [3.63, 3.8) is 0 Å². The molecule has 1 aliphatic heterocycles. The summed E-state index contributed by atoms with van der Waals surface area (Å²) in [5.41, 5.74) is 8.45. The zero-order valence-electron chi connectivity index (χ0n) is 18.7. The molecule has 3 heterocycles. The molecule has 172 valence electrons. The van der Waals surface area contributed by atoms with E-state index >= 15 is 0 Å². The molecule has 0 saturated carbocycles. The molecule has 0 radical (unpaired) electrons. The normalized spacial score (nSPS) is 18.0. The van der Waals surface area contributed by atoms with Crippen molar-refractivity contribution in [2.45, 2.75) is 31.3 Å². The number of nitrogens with one attached hydrogen (secondary N) is 1. The number of anilines is 1. The molecule has 1 aliphatic rings. The maximum absolute atomic E-state index is 12.8. The fourth-order valence-electron chi connectivity index (χ4n) is 4.47. The van der Waals surface area contributed by atoms with Crippen LogP contribution in [0.5, 0.6) is 11.5 Å². The topological polar surface area (TPSA) is 108 Å². The summed E-state index contributed by atoms with van der Waals surface area (Å²) >= 11 is 0. The van der Waals surface area contributed by atoms with E-state index in [4.69, 9.17) is 15.6 Å². The summed E-state index contributed by atoms with van der Waals surface area (Å²) < 4.78 is 7.76. The lowest BCUT2D eigenvalue weighted by atomic mass is 9.93. The number of Topliss-reactive ketones (excluding diaryl/α,β-unsaturated/α-hetero) is 1. The molecule has 0 bridgehead atoms. The van der Waals surface area contributed by atoms with E-state index in [2.05, 4.69) is 21.9 Å². The smallest absolute Gasteiger partial charge is 0.164 e. The molecule has 2 aromatic carbocycles. The average Bonchev–Trinajstić information content (AvgIpc) is 3.26. The highest BCUT2D eigenvalue weighted by molar-refractivity contribution is 5.98. The summed E-state index contributed by atoms with van der Waals surface area (Å²) in [7, 11) is 0. The number of aromatic nitrogens is 4. The van der Waals surface area contributed by atoms with Crippen molar-refractivity contribution < 1.29 is 9.53 Å². The Kier molecular flexibility index (Phi) is 6.05. The maximum atomic E-state index is 12.8. The van der Waals surface area contributed by atoms with E-state index in [9.17, 15) is 4.79 Å². The third kappa shape index (κ3) is 4.15. The fraction of sp³-hybridized carbons (Fsp3) is 0.231. The van der Waals surface area contributed by atoms with Crippen molar-refractivity contribution in [2.24, 2.45) is 0 Å². The first-order valence-corrected chi connectivity index (χ1v) is 11.3. The van der Waals surface area contributed by atoms with Crippen molar-refractivity contribution in [1.29, 1.82) is 0 Å². The Labute approximate surface area is 197 Å². The molecule has 3 N–H and O–H groups in total. The highest BCUT2D eigenvalue weighted by Crippen LogP contribution is 2.35. The minimum absolute atomic E-state index is 0.0920. The Balaban J connectivity index is 1.54. The molecule has 8 nitrogen and oxygen atoms in total. The van der Waals surface area contributed by atoms with Gasteiger partial charge in [0.05, 0.1) is 17.5 Å². The number of ketones is 1. The van der Waals surface area contributed by atoms with E-state index < -0.39 is 0 Å². The molecule has 0 spiro atoms. The first-order valence-electron chi connectivity index (χ1n) is 11.3. The maximum Gasteiger partial charge on any atom is 0.164 e. The monoisotopic (exact) mass is 454 g/mol. The predicted octanol–water partition coefficient (Wildman–Crippen LogP) is 4.31. The van der Waals surface area contributed by atoms with Crippen molar-refractivity contribution in [2.75, 3.05) is 12.3 Å². The third-order valence-electron chi connectivity index (χ3n) is 6.06. The second-order valence-corrected chi connectivity index (χ2v) is 8.29. The summed E-state index contributed by atoms with van der Waals surface area (Å²) in [6.07, 6.45) is 5.13. The number of nitrogens with two attached hydrogens (primary N) is 1. The minimum Gasteiger partial charge on any atom is -0.457 e. The van der Waals surface area contributed by atoms with Crippen LogP contribution in [-0.2, 0) is 4.79 Å². The highest BCUT2D eigenvalue weighted by Gasteiger charge is 2.34. The van der Waals surface area contributed by atoms with Crippen molar-refractivity contribution >= 4 is 22.6 Å². The molecule has 0 amide bonds. The van der Waals surface area contributed by atoms with Gasteiger partial charge in [-0.3, -0.25) is 4.79 Å². The Morgan fingerprint density at radius 1 is 1.15 bits per heavy atom. The number of carbonyl (C=O) groups is 1. The summed E-state index contributed by atoms with van der Waals surface area (Å²) in [4.78, 5) is 21.5. The molecule has 5 rings (SSSR count). The van der Waals surface area contributed by atoms with Gasteiger partial charge in [0, 0.05) is 12.0 Å². The van der Waals surface area contributed by atoms with Crippen LogP contribution in [0.3, 0.4) is 0 Å². The molecule has 2 atom stereocenters. The van der Waals surface area contributed by atoms with Crippen molar-refractivity contribution in [3.8, 4) is 22.8 Å². The number of hydrogen-bond acceptors (Lipinski definition) is 7. The van der Waals surface area contributed by atoms with E-state index in [1.807, 2.05) is 59.3 Å². The first kappa shape index (κ1) is 21.8. The molecule has 34 heavy (non-hydrogen) atoms. The van der Waals surface area contributed by atoms with Gasteiger partial charge in [-0.15, -0.1) is 6.58 Å². The molecular weight excluding hydrogens is 428 g/mol. The van der Waals surface area contributed by atoms with Gasteiger partial charge in [-0.2, -0.15) is 5.10 Å². The number of hydrogen-bond donors (Lipinski definition) is 2. The lowest BCUT2D eigenvalue weighted by Crippen LogP contribution is -2.47. The lowest BCUT2D eigenvalue weighted by molar-refractivity contribution is -0.121. The molecule has 2 unspecified atom stereocenters. The number of nitrogens with zero attached hydrogens (tertiary/aromatic N) is 4. The molecule has 0 aliphatic carbocycles. The van der Waals surface area contributed by atoms with Crippen LogP contribution in [0.1, 0.15) is 25.3 Å². The molecule has 1 fully saturated rings. The van der Waals surface area contributed by atoms with Crippen molar-refractivity contribution in [1.82, 2.24) is 25.1 Å². The molecule has 4 aromatic rings. The Bertz CT molecular complexity index is 1320. The fourth-order valence-corrected chi connectivity index (χ4v) is 4.47. The standard InChI is InChI=1S/C26H26N6O2/c1-2-7-21(33)24-20(10-6-15-28-24)32-26-22(25(27)29-16-30-26)23(31-32)17-11-13-19(14-12-17)34-18-8-4-3-5-9-18/h2-5,8-9,11-14,16,20,24,28H,1,6-7,10,15H2,(H2,27,29,30). The zero-order chi connectivity index (χ0) is 23.5. The van der Waals surface area contributed by atoms with Crippen LogP contribution in [0.15, 0.2) is 73.6 Å². The summed E-state index contributed by atoms with van der Waals surface area (Å²) in [6, 6.07) is 16.8. The summed E-state index contributed by atoms with van der Waals surface area (Å²) in [5, 5.41) is 8.97. The van der Waals surface area contributed by atoms with Gasteiger partial charge in [0.1, 0.15) is 29.3 Å². The van der Waals surface area contributed by atoms with Crippen LogP contribution in [0.4, 0.5) is 5.82 Å². The van der Waals surface area contributed by atoms with Crippen LogP contribution >= 0.6 is 0 Å². The number of rotatable bonds is 7. The Hall–Kier alpha value is -4.04. The highest BCUT2D eigenvalue weighted by atomic mass is 16.5. The number of benzene rings is 2. The SMILES string of the molecule is C=CCC(=O)C1NCCCC1n1nc(-c2ccc(Oc3ccccc3)cc2)c2c(N)ncnc21. The molecule has 1 saturated heterocycles. The zero-order valence-corrected chi connectivity index (χ0v) is 18.7. The van der Waals surface area contributed by atoms with E-state index in [1.165, 1.54) is 6.33 Å². The van der Waals surface area contributed by atoms with E-state index in [-0.39, 0.29) is 17.9 Å². The predicted molar refractivity (Wildman–Crippen MR) is 132 cm³/mol. The first-order chi connectivity index (χ1) is 16.7. The van der Waals surface area contributed by atoms with Gasteiger partial charge in [-0.1, -0.05) is 24.3 Å². The number of piperidine rings is 1. The number of allylic oxidation sites excluding steroid dienone is 1. The van der Waals surface area contributed by atoms with Crippen LogP contribution < -0.4 is 15.8 Å².